The first kappa shape index (κ1) is 16.8. The summed E-state index contributed by atoms with van der Waals surface area (Å²) in [6, 6.07) is 5.82. The van der Waals surface area contributed by atoms with Gasteiger partial charge < -0.3 is 14.8 Å². The Morgan fingerprint density at radius 2 is 2.00 bits per heavy atom. The Balaban J connectivity index is 1.78. The van der Waals surface area contributed by atoms with E-state index in [1.54, 1.807) is 12.1 Å². The Hall–Kier alpha value is -2.54. The van der Waals surface area contributed by atoms with Crippen molar-refractivity contribution in [1.29, 1.82) is 0 Å². The van der Waals surface area contributed by atoms with Crippen LogP contribution in [0.1, 0.15) is 35.1 Å². The van der Waals surface area contributed by atoms with Gasteiger partial charge in [-0.1, -0.05) is 0 Å². The van der Waals surface area contributed by atoms with Gasteiger partial charge in [0.15, 0.2) is 5.78 Å². The molecule has 23 heavy (non-hydrogen) atoms. The summed E-state index contributed by atoms with van der Waals surface area (Å²) in [6.07, 6.45) is 0.0291. The minimum atomic E-state index is -0.987. The number of aliphatic hydroxyl groups is 1. The number of carbonyl (C=O) groups excluding carboxylic acids is 2. The van der Waals surface area contributed by atoms with Gasteiger partial charge in [0.2, 0.25) is 5.91 Å². The number of hydrogen-bond acceptors (Lipinski definition) is 4. The minimum absolute atomic E-state index is 0.0640. The summed E-state index contributed by atoms with van der Waals surface area (Å²) in [6.45, 7) is -0.0640. The van der Waals surface area contributed by atoms with E-state index < -0.39 is 29.4 Å². The number of Topliss-reactive ketones (excluding diaryl/α,β-unsaturated/α-hetero) is 1. The van der Waals surface area contributed by atoms with E-state index in [9.17, 15) is 23.5 Å². The summed E-state index contributed by atoms with van der Waals surface area (Å²) in [5, 5.41) is 12.2. The predicted molar refractivity (Wildman–Crippen MR) is 76.6 cm³/mol. The number of ketones is 1. The van der Waals surface area contributed by atoms with Gasteiger partial charge in [0.05, 0.1) is 18.4 Å². The van der Waals surface area contributed by atoms with Crippen LogP contribution in [0.2, 0.25) is 0 Å². The third kappa shape index (κ3) is 4.72. The molecule has 0 bridgehead atoms. The molecule has 7 heteroatoms. The first-order valence-electron chi connectivity index (χ1n) is 6.94. The monoisotopic (exact) mass is 323 g/mol. The van der Waals surface area contributed by atoms with Crippen molar-refractivity contribution in [2.24, 2.45) is 0 Å². The Kier molecular flexibility index (Phi) is 5.59. The van der Waals surface area contributed by atoms with Crippen LogP contribution in [0.5, 0.6) is 0 Å². The molecule has 2 rings (SSSR count). The summed E-state index contributed by atoms with van der Waals surface area (Å²) in [4.78, 5) is 23.4. The Labute approximate surface area is 130 Å². The second-order valence-corrected chi connectivity index (χ2v) is 4.88. The fourth-order valence-electron chi connectivity index (χ4n) is 1.96. The molecule has 122 valence electrons. The Bertz CT molecular complexity index is 685. The van der Waals surface area contributed by atoms with Crippen LogP contribution in [0, 0.1) is 11.6 Å². The molecule has 0 spiro atoms. The summed E-state index contributed by atoms with van der Waals surface area (Å²) >= 11 is 0. The molecule has 2 aromatic rings. The highest BCUT2D eigenvalue weighted by Crippen LogP contribution is 2.13. The maximum absolute atomic E-state index is 13.4. The summed E-state index contributed by atoms with van der Waals surface area (Å²) in [5.74, 6) is -2.47. The van der Waals surface area contributed by atoms with Crippen molar-refractivity contribution in [3.05, 3.63) is 59.6 Å². The van der Waals surface area contributed by atoms with E-state index in [1.165, 1.54) is 6.26 Å². The maximum atomic E-state index is 13.4. The maximum Gasteiger partial charge on any atom is 0.220 e. The molecule has 0 aliphatic carbocycles. The number of amides is 1. The summed E-state index contributed by atoms with van der Waals surface area (Å²) in [7, 11) is 0. The van der Waals surface area contributed by atoms with E-state index in [2.05, 4.69) is 5.32 Å². The minimum Gasteiger partial charge on any atom is -0.467 e. The van der Waals surface area contributed by atoms with Crippen molar-refractivity contribution in [3.63, 3.8) is 0 Å². The number of rotatable bonds is 7. The Morgan fingerprint density at radius 3 is 2.65 bits per heavy atom. The molecular weight excluding hydrogens is 308 g/mol. The van der Waals surface area contributed by atoms with E-state index in [1.807, 2.05) is 0 Å². The normalized spacial score (nSPS) is 12.0. The molecule has 1 heterocycles. The Morgan fingerprint density at radius 1 is 1.22 bits per heavy atom. The van der Waals surface area contributed by atoms with Gasteiger partial charge in [0.25, 0.3) is 0 Å². The topological polar surface area (TPSA) is 79.5 Å². The van der Waals surface area contributed by atoms with Crippen LogP contribution < -0.4 is 5.32 Å². The van der Waals surface area contributed by atoms with Crippen molar-refractivity contribution < 1.29 is 27.9 Å². The molecule has 0 saturated heterocycles. The zero-order valence-corrected chi connectivity index (χ0v) is 12.1. The molecule has 0 aliphatic heterocycles. The lowest BCUT2D eigenvalue weighted by Gasteiger charge is -2.09. The molecule has 1 aromatic heterocycles. The van der Waals surface area contributed by atoms with Gasteiger partial charge in [-0.05, 0) is 24.3 Å². The highest BCUT2D eigenvalue weighted by Gasteiger charge is 2.15. The van der Waals surface area contributed by atoms with E-state index >= 15 is 0 Å². The number of aliphatic hydroxyl groups excluding tert-OH is 1. The van der Waals surface area contributed by atoms with Crippen LogP contribution in [0.3, 0.4) is 0 Å². The highest BCUT2D eigenvalue weighted by atomic mass is 19.1. The SMILES string of the molecule is O=C(CCC(=O)c1ccc(F)cc1F)NCC(O)c1ccco1. The standard InChI is InChI=1S/C16H15F2NO4/c17-10-3-4-11(12(18)8-10)13(20)5-6-16(22)19-9-14(21)15-2-1-7-23-15/h1-4,7-8,14,21H,5-6,9H2,(H,19,22). The zero-order valence-electron chi connectivity index (χ0n) is 12.1. The van der Waals surface area contributed by atoms with Crippen molar-refractivity contribution in [2.45, 2.75) is 18.9 Å². The van der Waals surface area contributed by atoms with Crippen LogP contribution in [-0.4, -0.2) is 23.3 Å². The van der Waals surface area contributed by atoms with E-state index in [0.29, 0.717) is 11.8 Å². The van der Waals surface area contributed by atoms with Crippen LogP contribution in [0.4, 0.5) is 8.78 Å². The van der Waals surface area contributed by atoms with Gasteiger partial charge in [-0.25, -0.2) is 8.78 Å². The molecule has 1 unspecified atom stereocenters. The third-order valence-corrected chi connectivity index (χ3v) is 3.17. The van der Waals surface area contributed by atoms with Crippen LogP contribution in [0.15, 0.2) is 41.0 Å². The van der Waals surface area contributed by atoms with Crippen LogP contribution in [-0.2, 0) is 4.79 Å². The van der Waals surface area contributed by atoms with Gasteiger partial charge in [0.1, 0.15) is 23.5 Å². The molecule has 2 N–H and O–H groups in total. The lowest BCUT2D eigenvalue weighted by atomic mass is 10.1. The van der Waals surface area contributed by atoms with Crippen LogP contribution >= 0.6 is 0 Å². The molecule has 1 atom stereocenters. The molecule has 0 aliphatic rings. The van der Waals surface area contributed by atoms with E-state index in [4.69, 9.17) is 4.42 Å². The second-order valence-electron chi connectivity index (χ2n) is 4.88. The van der Waals surface area contributed by atoms with E-state index in [0.717, 1.165) is 12.1 Å². The largest absolute Gasteiger partial charge is 0.467 e. The number of furan rings is 1. The fourth-order valence-corrected chi connectivity index (χ4v) is 1.96. The average molecular weight is 323 g/mol. The predicted octanol–water partition coefficient (Wildman–Crippen LogP) is 2.37. The van der Waals surface area contributed by atoms with Gasteiger partial charge in [-0.15, -0.1) is 0 Å². The van der Waals surface area contributed by atoms with Gasteiger partial charge in [-0.3, -0.25) is 9.59 Å². The number of nitrogens with one attached hydrogen (secondary N) is 1. The second kappa shape index (κ2) is 7.64. The summed E-state index contributed by atoms with van der Waals surface area (Å²) in [5.41, 5.74) is -0.255. The quantitative estimate of drug-likeness (QED) is 0.767. The number of hydrogen-bond donors (Lipinski definition) is 2. The molecule has 0 saturated carbocycles. The fraction of sp³-hybridized carbons (Fsp3) is 0.250. The van der Waals surface area contributed by atoms with Crippen molar-refractivity contribution in [2.75, 3.05) is 6.54 Å². The molecule has 1 aromatic carbocycles. The average Bonchev–Trinajstić information content (AvgIpc) is 3.04. The van der Waals surface area contributed by atoms with Crippen molar-refractivity contribution in [3.8, 4) is 0 Å². The first-order chi connectivity index (χ1) is 11.0. The van der Waals surface area contributed by atoms with Gasteiger partial charge in [0, 0.05) is 18.9 Å². The third-order valence-electron chi connectivity index (χ3n) is 3.17. The van der Waals surface area contributed by atoms with Gasteiger partial charge >= 0.3 is 0 Å². The summed E-state index contributed by atoms with van der Waals surface area (Å²) < 4.78 is 31.2. The van der Waals surface area contributed by atoms with Gasteiger partial charge in [-0.2, -0.15) is 0 Å². The highest BCUT2D eigenvalue weighted by molar-refractivity contribution is 5.98. The number of benzene rings is 1. The number of halogens is 2. The molecule has 5 nitrogen and oxygen atoms in total. The van der Waals surface area contributed by atoms with Crippen molar-refractivity contribution in [1.82, 2.24) is 5.32 Å². The van der Waals surface area contributed by atoms with Crippen molar-refractivity contribution >= 4 is 11.7 Å². The smallest absolute Gasteiger partial charge is 0.220 e. The zero-order chi connectivity index (χ0) is 16.8. The molecule has 1 amide bonds. The lowest BCUT2D eigenvalue weighted by Crippen LogP contribution is -2.28. The lowest BCUT2D eigenvalue weighted by molar-refractivity contribution is -0.121. The first-order valence-corrected chi connectivity index (χ1v) is 6.94. The molecular formula is C16H15F2NO4. The van der Waals surface area contributed by atoms with Crippen LogP contribution in [0.25, 0.3) is 0 Å². The molecule has 0 fully saturated rings. The number of carbonyl (C=O) groups is 2. The van der Waals surface area contributed by atoms with E-state index in [-0.39, 0.29) is 24.9 Å². The molecule has 0 radical (unpaired) electrons.